The number of benzene rings is 2. The molecule has 1 saturated carbocycles. The number of hydrogen-bond acceptors (Lipinski definition) is 9. The quantitative estimate of drug-likeness (QED) is 0.398. The van der Waals surface area contributed by atoms with Crippen molar-refractivity contribution in [2.75, 3.05) is 39.6 Å². The summed E-state index contributed by atoms with van der Waals surface area (Å²) in [5, 5.41) is 28.7. The molecule has 39 heavy (non-hydrogen) atoms. The number of phenols is 2. The first-order valence-electron chi connectivity index (χ1n) is 12.8. The second-order valence-electron chi connectivity index (χ2n) is 8.80. The maximum Gasteiger partial charge on any atom is 2.00 e. The Morgan fingerprint density at radius 2 is 1.13 bits per heavy atom. The fourth-order valence-electron chi connectivity index (χ4n) is 4.05. The van der Waals surface area contributed by atoms with Crippen molar-refractivity contribution >= 4 is 18.4 Å². The van der Waals surface area contributed by atoms with Crippen molar-refractivity contribution in [3.05, 3.63) is 47.5 Å². The van der Waals surface area contributed by atoms with E-state index in [1.165, 1.54) is 0 Å². The van der Waals surface area contributed by atoms with Crippen molar-refractivity contribution in [1.29, 1.82) is 0 Å². The third kappa shape index (κ3) is 10.9. The molecule has 1 aliphatic carbocycles. The zero-order chi connectivity index (χ0) is 27.2. The van der Waals surface area contributed by atoms with Crippen molar-refractivity contribution in [3.8, 4) is 23.0 Å². The minimum absolute atomic E-state index is 0. The van der Waals surface area contributed by atoms with Crippen LogP contribution in [0, 0.1) is 0 Å². The average Bonchev–Trinajstić information content (AvgIpc) is 2.89. The van der Waals surface area contributed by atoms with E-state index < -0.39 is 5.97 Å². The summed E-state index contributed by atoms with van der Waals surface area (Å²) >= 11 is 0. The van der Waals surface area contributed by atoms with Crippen LogP contribution in [-0.2, 0) is 31.3 Å². The van der Waals surface area contributed by atoms with E-state index in [1.807, 2.05) is 24.3 Å². The molecule has 11 heteroatoms. The Bertz CT molecular complexity index is 1010. The molecule has 1 fully saturated rings. The zero-order valence-electron chi connectivity index (χ0n) is 22.0. The van der Waals surface area contributed by atoms with E-state index in [0.717, 1.165) is 32.6 Å². The second kappa shape index (κ2) is 17.5. The van der Waals surface area contributed by atoms with E-state index in [1.54, 1.807) is 24.6 Å². The van der Waals surface area contributed by atoms with Gasteiger partial charge < -0.3 is 34.3 Å². The van der Waals surface area contributed by atoms with Gasteiger partial charge in [0, 0.05) is 30.5 Å². The predicted octanol–water partition coefficient (Wildman–Crippen LogP) is 3.84. The maximum atomic E-state index is 10.6. The van der Waals surface area contributed by atoms with Gasteiger partial charge in [-0.1, -0.05) is 25.0 Å². The fourth-order valence-corrected chi connectivity index (χ4v) is 4.05. The summed E-state index contributed by atoms with van der Waals surface area (Å²) in [5.74, 6) is 0.0944. The normalized spacial score (nSPS) is 20.1. The smallest absolute Gasteiger partial charge is 0.504 e. The summed E-state index contributed by atoms with van der Waals surface area (Å²) in [4.78, 5) is 18.5. The molecule has 2 aromatic rings. The Hall–Kier alpha value is -3.11. The van der Waals surface area contributed by atoms with Gasteiger partial charge in [-0.2, -0.15) is 0 Å². The van der Waals surface area contributed by atoms with Crippen LogP contribution in [0.3, 0.4) is 0 Å². The number of carboxylic acids is 1. The standard InChI is InChI=1S/C26H32N2O6.C2H4O2.Mn/c29-25-19-5-3-9-23(25)33-15-13-31-11-12-32-14-16-34-24-10-4-6-20(26(24)30)18-28-22-8-2-1-7-21(22)27-17-19;1-2(3)4;/h3-6,9-10,17-18,21-22,29-30H,1-2,7-8,11-16H2;1H3,(H,3,4);/q;;+2. The van der Waals surface area contributed by atoms with E-state index >= 15 is 0 Å². The molecule has 3 N–H and O–H groups in total. The summed E-state index contributed by atoms with van der Waals surface area (Å²) < 4.78 is 22.4. The molecular weight excluding hydrogens is 547 g/mol. The molecule has 0 amide bonds. The molecule has 10 nitrogen and oxygen atoms in total. The van der Waals surface area contributed by atoms with Crippen molar-refractivity contribution < 1.29 is 56.1 Å². The Morgan fingerprint density at radius 1 is 0.744 bits per heavy atom. The molecule has 1 aliphatic heterocycles. The Morgan fingerprint density at radius 3 is 1.54 bits per heavy atom. The van der Waals surface area contributed by atoms with Crippen molar-refractivity contribution in [1.82, 2.24) is 0 Å². The number of rotatable bonds is 0. The number of nitrogens with zero attached hydrogens (tertiary/aromatic N) is 2. The number of para-hydroxylation sites is 2. The SMILES string of the molecule is CC(=O)O.Oc1c2cccc1OCCOCCOCCOc1cccc(c1O)C=NC1CCCCC1N=C2.[Mn+2]. The van der Waals surface area contributed by atoms with Crippen LogP contribution in [0.5, 0.6) is 23.0 Å². The first kappa shape index (κ1) is 32.1. The van der Waals surface area contributed by atoms with E-state index in [4.69, 9.17) is 38.8 Å². The van der Waals surface area contributed by atoms with Gasteiger partial charge in [-0.25, -0.2) is 0 Å². The van der Waals surface area contributed by atoms with Gasteiger partial charge in [0.2, 0.25) is 0 Å². The van der Waals surface area contributed by atoms with E-state index in [0.29, 0.717) is 62.3 Å². The van der Waals surface area contributed by atoms with Crippen LogP contribution < -0.4 is 9.47 Å². The monoisotopic (exact) mass is 583 g/mol. The predicted molar refractivity (Wildman–Crippen MR) is 143 cm³/mol. The molecule has 4 bridgehead atoms. The van der Waals surface area contributed by atoms with Crippen molar-refractivity contribution in [2.24, 2.45) is 9.98 Å². The molecule has 4 rings (SSSR count). The first-order chi connectivity index (χ1) is 18.5. The number of fused-ring (bicyclic) bond motifs is 5. The number of aliphatic carboxylic acids is 1. The van der Waals surface area contributed by atoms with Crippen LogP contribution in [0.25, 0.3) is 0 Å². The third-order valence-corrected chi connectivity index (χ3v) is 5.91. The van der Waals surface area contributed by atoms with Crippen LogP contribution in [0.2, 0.25) is 0 Å². The number of hydrogen-bond donors (Lipinski definition) is 3. The maximum absolute atomic E-state index is 10.6. The molecule has 2 aliphatic rings. The molecule has 1 heterocycles. The molecule has 0 spiro atoms. The number of aliphatic imine (C=N–C) groups is 2. The van der Waals surface area contributed by atoms with E-state index in [-0.39, 0.29) is 40.7 Å². The minimum atomic E-state index is -0.833. The molecule has 2 aromatic carbocycles. The summed E-state index contributed by atoms with van der Waals surface area (Å²) in [5.41, 5.74) is 1.20. The Balaban J connectivity index is 0.000000998. The van der Waals surface area contributed by atoms with Gasteiger partial charge in [-0.15, -0.1) is 0 Å². The first-order valence-corrected chi connectivity index (χ1v) is 12.8. The largest absolute Gasteiger partial charge is 2.00 e. The van der Waals surface area contributed by atoms with Crippen LogP contribution in [0.15, 0.2) is 46.4 Å². The Kier molecular flexibility index (Phi) is 14.4. The molecule has 2 atom stereocenters. The minimum Gasteiger partial charge on any atom is -0.504 e. The summed E-state index contributed by atoms with van der Waals surface area (Å²) in [6.45, 7) is 3.29. The number of carbonyl (C=O) groups is 1. The van der Waals surface area contributed by atoms with Crippen LogP contribution >= 0.6 is 0 Å². The van der Waals surface area contributed by atoms with Crippen molar-refractivity contribution in [2.45, 2.75) is 44.7 Å². The van der Waals surface area contributed by atoms with Gasteiger partial charge >= 0.3 is 17.1 Å². The molecule has 1 radical (unpaired) electrons. The van der Waals surface area contributed by atoms with Gasteiger partial charge in [0.15, 0.2) is 23.0 Å². The molecule has 211 valence electrons. The summed E-state index contributed by atoms with van der Waals surface area (Å²) in [6.07, 6.45) is 7.41. The van der Waals surface area contributed by atoms with Gasteiger partial charge in [0.1, 0.15) is 13.2 Å². The van der Waals surface area contributed by atoms with Gasteiger partial charge in [0.05, 0.1) is 38.5 Å². The molecular formula is C28H36MnN2O8+2. The second-order valence-corrected chi connectivity index (χ2v) is 8.80. The van der Waals surface area contributed by atoms with Crippen LogP contribution in [0.4, 0.5) is 0 Å². The third-order valence-electron chi connectivity index (χ3n) is 5.91. The molecule has 0 saturated heterocycles. The number of carboxylic acid groups (broad SMARTS) is 1. The number of phenolic OH excluding ortho intramolecular Hbond substituents is 2. The summed E-state index contributed by atoms with van der Waals surface area (Å²) in [7, 11) is 0. The van der Waals surface area contributed by atoms with Crippen molar-refractivity contribution in [3.63, 3.8) is 0 Å². The van der Waals surface area contributed by atoms with E-state index in [9.17, 15) is 10.2 Å². The average molecular weight is 584 g/mol. The topological polar surface area (TPSA) is 139 Å². The molecule has 0 aromatic heterocycles. The fraction of sp³-hybridized carbons (Fsp3) is 0.464. The van der Waals surface area contributed by atoms with Crippen LogP contribution in [-0.4, -0.2) is 85.4 Å². The Labute approximate surface area is 239 Å². The number of ether oxygens (including phenoxy) is 4. The zero-order valence-corrected chi connectivity index (χ0v) is 23.2. The number of aromatic hydroxyl groups is 2. The summed E-state index contributed by atoms with van der Waals surface area (Å²) in [6, 6.07) is 10.7. The van der Waals surface area contributed by atoms with Gasteiger partial charge in [-0.05, 0) is 37.1 Å². The van der Waals surface area contributed by atoms with Gasteiger partial charge in [0.25, 0.3) is 5.97 Å². The van der Waals surface area contributed by atoms with E-state index in [2.05, 4.69) is 0 Å². The molecule has 2 unspecified atom stereocenters. The van der Waals surface area contributed by atoms with Gasteiger partial charge in [-0.3, -0.25) is 14.8 Å². The van der Waals surface area contributed by atoms with Crippen LogP contribution in [0.1, 0.15) is 43.7 Å².